The number of benzene rings is 3. The molecule has 40 heavy (non-hydrogen) atoms. The Morgan fingerprint density at radius 3 is 2.23 bits per heavy atom. The Morgan fingerprint density at radius 2 is 1.65 bits per heavy atom. The average Bonchev–Trinajstić information content (AvgIpc) is 2.96. The second-order valence-electron chi connectivity index (χ2n) is 9.00. The van der Waals surface area contributed by atoms with Crippen LogP contribution in [0.3, 0.4) is 0 Å². The standard InChI is InChI=1S/C29H33Cl2N3O5S/c1-4-17-32-29(36)27(5-2)33(19-21-11-12-22(30)18-26(21)31)28(35)20-34(23-13-15-24(39-3)16-14-23)40(37,38)25-9-7-6-8-10-25/h6-16,18,27H,4-5,17,19-20H2,1-3H3,(H,32,36)/t27-/m0/s1. The zero-order valence-corrected chi connectivity index (χ0v) is 25.0. The predicted octanol–water partition coefficient (Wildman–Crippen LogP) is 5.53. The van der Waals surface area contributed by atoms with Gasteiger partial charge in [0.25, 0.3) is 10.0 Å². The van der Waals surface area contributed by atoms with Gasteiger partial charge in [-0.05, 0) is 66.9 Å². The van der Waals surface area contributed by atoms with E-state index in [4.69, 9.17) is 27.9 Å². The van der Waals surface area contributed by atoms with Crippen LogP contribution in [-0.2, 0) is 26.2 Å². The molecule has 2 amide bonds. The third-order valence-electron chi connectivity index (χ3n) is 6.26. The molecular formula is C29H33Cl2N3O5S. The van der Waals surface area contributed by atoms with Crippen molar-refractivity contribution < 1.29 is 22.7 Å². The number of hydrogen-bond acceptors (Lipinski definition) is 5. The first kappa shape index (κ1) is 31.3. The highest BCUT2D eigenvalue weighted by Crippen LogP contribution is 2.28. The van der Waals surface area contributed by atoms with E-state index in [-0.39, 0.29) is 23.0 Å². The van der Waals surface area contributed by atoms with Gasteiger partial charge in [0, 0.05) is 23.1 Å². The minimum absolute atomic E-state index is 0.0191. The molecule has 3 aromatic carbocycles. The summed E-state index contributed by atoms with van der Waals surface area (Å²) < 4.78 is 33.9. The highest BCUT2D eigenvalue weighted by Gasteiger charge is 2.33. The normalized spacial score (nSPS) is 11.9. The average molecular weight is 607 g/mol. The van der Waals surface area contributed by atoms with Crippen molar-refractivity contribution in [3.8, 4) is 5.75 Å². The highest BCUT2D eigenvalue weighted by atomic mass is 35.5. The SMILES string of the molecule is CCCNC(=O)[C@H](CC)N(Cc1ccc(Cl)cc1Cl)C(=O)CN(c1ccc(OC)cc1)S(=O)(=O)c1ccccc1. The Labute approximate surface area is 245 Å². The number of methoxy groups -OCH3 is 1. The number of hydrogen-bond donors (Lipinski definition) is 1. The highest BCUT2D eigenvalue weighted by molar-refractivity contribution is 7.92. The van der Waals surface area contributed by atoms with Gasteiger partial charge in [0.2, 0.25) is 11.8 Å². The minimum Gasteiger partial charge on any atom is -0.497 e. The smallest absolute Gasteiger partial charge is 0.264 e. The zero-order valence-electron chi connectivity index (χ0n) is 22.6. The lowest BCUT2D eigenvalue weighted by Gasteiger charge is -2.33. The quantitative estimate of drug-likeness (QED) is 0.276. The maximum Gasteiger partial charge on any atom is 0.264 e. The van der Waals surface area contributed by atoms with E-state index in [1.54, 1.807) is 67.6 Å². The molecule has 0 heterocycles. The number of sulfonamides is 1. The minimum atomic E-state index is -4.15. The molecule has 3 aromatic rings. The molecule has 0 aliphatic carbocycles. The van der Waals surface area contributed by atoms with Crippen LogP contribution < -0.4 is 14.4 Å². The van der Waals surface area contributed by atoms with Gasteiger partial charge in [-0.3, -0.25) is 13.9 Å². The van der Waals surface area contributed by atoms with Crippen LogP contribution in [0.15, 0.2) is 77.7 Å². The van der Waals surface area contributed by atoms with Crippen molar-refractivity contribution >= 4 is 50.7 Å². The summed E-state index contributed by atoms with van der Waals surface area (Å²) in [6.45, 7) is 3.60. The van der Waals surface area contributed by atoms with Crippen molar-refractivity contribution in [1.82, 2.24) is 10.2 Å². The Balaban J connectivity index is 2.06. The van der Waals surface area contributed by atoms with Crippen LogP contribution in [0.2, 0.25) is 10.0 Å². The first-order valence-corrected chi connectivity index (χ1v) is 15.0. The van der Waals surface area contributed by atoms with Gasteiger partial charge in [-0.1, -0.05) is 61.3 Å². The summed E-state index contributed by atoms with van der Waals surface area (Å²) in [5, 5.41) is 3.61. The molecule has 0 saturated carbocycles. The predicted molar refractivity (Wildman–Crippen MR) is 158 cm³/mol. The Hall–Kier alpha value is -3.27. The van der Waals surface area contributed by atoms with Crippen LogP contribution in [0.4, 0.5) is 5.69 Å². The maximum absolute atomic E-state index is 14.0. The van der Waals surface area contributed by atoms with E-state index >= 15 is 0 Å². The number of nitrogens with one attached hydrogen (secondary N) is 1. The molecule has 0 aliphatic rings. The van der Waals surface area contributed by atoms with E-state index in [1.807, 2.05) is 6.92 Å². The van der Waals surface area contributed by atoms with Gasteiger partial charge in [0.15, 0.2) is 0 Å². The van der Waals surface area contributed by atoms with Gasteiger partial charge in [-0.25, -0.2) is 8.42 Å². The lowest BCUT2D eigenvalue weighted by atomic mass is 10.1. The van der Waals surface area contributed by atoms with E-state index in [0.29, 0.717) is 34.3 Å². The molecule has 0 bridgehead atoms. The van der Waals surface area contributed by atoms with Gasteiger partial charge >= 0.3 is 0 Å². The summed E-state index contributed by atoms with van der Waals surface area (Å²) in [6.07, 6.45) is 1.03. The number of nitrogens with zero attached hydrogens (tertiary/aromatic N) is 2. The summed E-state index contributed by atoms with van der Waals surface area (Å²) in [5.41, 5.74) is 0.842. The van der Waals surface area contributed by atoms with Gasteiger partial charge in [0.1, 0.15) is 18.3 Å². The lowest BCUT2D eigenvalue weighted by Crippen LogP contribution is -2.52. The first-order valence-electron chi connectivity index (χ1n) is 12.8. The zero-order chi connectivity index (χ0) is 29.3. The van der Waals surface area contributed by atoms with E-state index in [1.165, 1.54) is 24.1 Å². The van der Waals surface area contributed by atoms with Crippen LogP contribution in [0.1, 0.15) is 32.3 Å². The maximum atomic E-state index is 14.0. The monoisotopic (exact) mass is 605 g/mol. The molecule has 3 rings (SSSR count). The van der Waals surface area contributed by atoms with Gasteiger partial charge in [0.05, 0.1) is 17.7 Å². The third-order valence-corrected chi connectivity index (χ3v) is 8.64. The summed E-state index contributed by atoms with van der Waals surface area (Å²) >= 11 is 12.5. The molecular weight excluding hydrogens is 573 g/mol. The number of amides is 2. The van der Waals surface area contributed by atoms with Crippen LogP contribution in [-0.4, -0.2) is 51.4 Å². The van der Waals surface area contributed by atoms with Crippen molar-refractivity contribution in [1.29, 1.82) is 0 Å². The van der Waals surface area contributed by atoms with E-state index in [9.17, 15) is 18.0 Å². The van der Waals surface area contributed by atoms with Crippen molar-refractivity contribution in [2.45, 2.75) is 44.2 Å². The molecule has 214 valence electrons. The number of ether oxygens (including phenoxy) is 1. The number of carbonyl (C=O) groups excluding carboxylic acids is 2. The van der Waals surface area contributed by atoms with Crippen LogP contribution in [0.5, 0.6) is 5.75 Å². The van der Waals surface area contributed by atoms with Crippen molar-refractivity contribution in [3.63, 3.8) is 0 Å². The molecule has 0 saturated heterocycles. The summed E-state index contributed by atoms with van der Waals surface area (Å²) in [4.78, 5) is 28.6. The molecule has 0 aliphatic heterocycles. The van der Waals surface area contributed by atoms with Gasteiger partial charge in [-0.2, -0.15) is 0 Å². The fourth-order valence-corrected chi connectivity index (χ4v) is 6.02. The molecule has 0 aromatic heterocycles. The Kier molecular flexibility index (Phi) is 11.2. The lowest BCUT2D eigenvalue weighted by molar-refractivity contribution is -0.140. The molecule has 11 heteroatoms. The fraction of sp³-hybridized carbons (Fsp3) is 0.310. The molecule has 0 fully saturated rings. The van der Waals surface area contributed by atoms with E-state index in [0.717, 1.165) is 10.7 Å². The van der Waals surface area contributed by atoms with Crippen LogP contribution in [0, 0.1) is 0 Å². The molecule has 8 nitrogen and oxygen atoms in total. The van der Waals surface area contributed by atoms with Crippen LogP contribution >= 0.6 is 23.2 Å². The topological polar surface area (TPSA) is 96.0 Å². The molecule has 0 spiro atoms. The molecule has 1 N–H and O–H groups in total. The van der Waals surface area contributed by atoms with E-state index < -0.39 is 28.5 Å². The summed E-state index contributed by atoms with van der Waals surface area (Å²) in [6, 6.07) is 18.3. The second-order valence-corrected chi connectivity index (χ2v) is 11.7. The van der Waals surface area contributed by atoms with Crippen molar-refractivity contribution in [2.24, 2.45) is 0 Å². The Bertz CT molecular complexity index is 1400. The first-order chi connectivity index (χ1) is 19.1. The van der Waals surface area contributed by atoms with Crippen molar-refractivity contribution in [3.05, 3.63) is 88.4 Å². The number of carbonyl (C=O) groups is 2. The largest absolute Gasteiger partial charge is 0.497 e. The Morgan fingerprint density at radius 1 is 0.975 bits per heavy atom. The molecule has 0 radical (unpaired) electrons. The number of rotatable bonds is 13. The number of anilines is 1. The molecule has 0 unspecified atom stereocenters. The number of halogens is 2. The van der Waals surface area contributed by atoms with Gasteiger partial charge < -0.3 is 15.0 Å². The van der Waals surface area contributed by atoms with Gasteiger partial charge in [-0.15, -0.1) is 0 Å². The second kappa shape index (κ2) is 14.4. The summed E-state index contributed by atoms with van der Waals surface area (Å²) in [5.74, 6) is -0.366. The summed E-state index contributed by atoms with van der Waals surface area (Å²) in [7, 11) is -2.65. The third kappa shape index (κ3) is 7.68. The van der Waals surface area contributed by atoms with Crippen molar-refractivity contribution in [2.75, 3.05) is 24.5 Å². The fourth-order valence-electron chi connectivity index (χ4n) is 4.12. The molecule has 1 atom stereocenters. The van der Waals surface area contributed by atoms with Crippen LogP contribution in [0.25, 0.3) is 0 Å². The van der Waals surface area contributed by atoms with E-state index in [2.05, 4.69) is 5.32 Å².